The summed E-state index contributed by atoms with van der Waals surface area (Å²) in [7, 11) is 0. The summed E-state index contributed by atoms with van der Waals surface area (Å²) in [6.45, 7) is 2.68. The molecule has 2 aromatic rings. The van der Waals surface area contributed by atoms with Crippen molar-refractivity contribution in [2.45, 2.75) is 57.5 Å². The van der Waals surface area contributed by atoms with Crippen molar-refractivity contribution in [1.82, 2.24) is 10.3 Å². The Balaban J connectivity index is 1.58. The second-order valence-electron chi connectivity index (χ2n) is 7.79. The predicted molar refractivity (Wildman–Crippen MR) is 98.8 cm³/mol. The first-order valence-corrected chi connectivity index (χ1v) is 9.47. The summed E-state index contributed by atoms with van der Waals surface area (Å²) in [5, 5.41) is 13.9. The standard InChI is InChI=1S/C21H26N2O2/c1-13-5-8-19-17(9-13)18(11-20(23-19)15-6-7-15)21(25)22-12-14-3-2-4-16(24)10-14/h5,8-9,11,14-16,24H,2-4,6-7,10,12H2,1H3,(H,22,25). The first-order valence-electron chi connectivity index (χ1n) is 9.47. The van der Waals surface area contributed by atoms with E-state index in [2.05, 4.69) is 17.4 Å². The van der Waals surface area contributed by atoms with Gasteiger partial charge in [-0.3, -0.25) is 9.78 Å². The van der Waals surface area contributed by atoms with E-state index in [1.54, 1.807) is 0 Å². The number of carbonyl (C=O) groups is 1. The Morgan fingerprint density at radius 3 is 2.84 bits per heavy atom. The van der Waals surface area contributed by atoms with E-state index in [4.69, 9.17) is 4.98 Å². The molecule has 4 heteroatoms. The molecule has 1 heterocycles. The number of nitrogens with zero attached hydrogens (tertiary/aromatic N) is 1. The van der Waals surface area contributed by atoms with Gasteiger partial charge in [0, 0.05) is 23.5 Å². The number of carbonyl (C=O) groups excluding carboxylic acids is 1. The summed E-state index contributed by atoms with van der Waals surface area (Å²) >= 11 is 0. The van der Waals surface area contributed by atoms with Crippen LogP contribution < -0.4 is 5.32 Å². The highest BCUT2D eigenvalue weighted by molar-refractivity contribution is 6.06. The smallest absolute Gasteiger partial charge is 0.252 e. The zero-order valence-electron chi connectivity index (χ0n) is 14.8. The molecule has 132 valence electrons. The molecule has 0 spiro atoms. The van der Waals surface area contributed by atoms with E-state index >= 15 is 0 Å². The van der Waals surface area contributed by atoms with Crippen molar-refractivity contribution in [3.63, 3.8) is 0 Å². The van der Waals surface area contributed by atoms with Gasteiger partial charge in [-0.2, -0.15) is 0 Å². The summed E-state index contributed by atoms with van der Waals surface area (Å²) in [6, 6.07) is 8.12. The summed E-state index contributed by atoms with van der Waals surface area (Å²) in [4.78, 5) is 17.7. The maximum absolute atomic E-state index is 12.9. The minimum Gasteiger partial charge on any atom is -0.393 e. The number of aromatic nitrogens is 1. The van der Waals surface area contributed by atoms with Crippen LogP contribution in [0.15, 0.2) is 24.3 Å². The van der Waals surface area contributed by atoms with E-state index in [0.29, 0.717) is 18.4 Å². The van der Waals surface area contributed by atoms with Crippen molar-refractivity contribution in [2.75, 3.05) is 6.54 Å². The number of aliphatic hydroxyl groups is 1. The lowest BCUT2D eigenvalue weighted by Crippen LogP contribution is -2.33. The lowest BCUT2D eigenvalue weighted by Gasteiger charge is -2.26. The van der Waals surface area contributed by atoms with Crippen LogP contribution in [0, 0.1) is 12.8 Å². The van der Waals surface area contributed by atoms with E-state index in [1.807, 2.05) is 19.1 Å². The predicted octanol–water partition coefficient (Wildman–Crippen LogP) is 3.70. The van der Waals surface area contributed by atoms with E-state index in [1.165, 1.54) is 12.8 Å². The molecular weight excluding hydrogens is 312 g/mol. The van der Waals surface area contributed by atoms with Gasteiger partial charge in [0.05, 0.1) is 17.2 Å². The van der Waals surface area contributed by atoms with Crippen LogP contribution >= 0.6 is 0 Å². The molecule has 2 N–H and O–H groups in total. The second kappa shape index (κ2) is 6.75. The molecule has 1 aromatic carbocycles. The molecule has 0 radical (unpaired) electrons. The fourth-order valence-electron chi connectivity index (χ4n) is 3.92. The van der Waals surface area contributed by atoms with Crippen LogP contribution in [0.25, 0.3) is 10.9 Å². The van der Waals surface area contributed by atoms with Crippen LogP contribution in [0.5, 0.6) is 0 Å². The van der Waals surface area contributed by atoms with E-state index in [9.17, 15) is 9.90 Å². The minimum absolute atomic E-state index is 0.0139. The van der Waals surface area contributed by atoms with Crippen LogP contribution in [0.3, 0.4) is 0 Å². The van der Waals surface area contributed by atoms with Crippen molar-refractivity contribution in [2.24, 2.45) is 5.92 Å². The number of nitrogens with one attached hydrogen (secondary N) is 1. The molecule has 0 bridgehead atoms. The Labute approximate surface area is 148 Å². The summed E-state index contributed by atoms with van der Waals surface area (Å²) in [5.74, 6) is 0.885. The van der Waals surface area contributed by atoms with Crippen molar-refractivity contribution in [1.29, 1.82) is 0 Å². The van der Waals surface area contributed by atoms with Gasteiger partial charge in [0.25, 0.3) is 5.91 Å². The Hall–Kier alpha value is -1.94. The van der Waals surface area contributed by atoms with Crippen LogP contribution in [0.2, 0.25) is 0 Å². The zero-order valence-corrected chi connectivity index (χ0v) is 14.8. The van der Waals surface area contributed by atoms with E-state index < -0.39 is 0 Å². The summed E-state index contributed by atoms with van der Waals surface area (Å²) in [6.07, 6.45) is 5.96. The normalized spacial score (nSPS) is 23.6. The van der Waals surface area contributed by atoms with Crippen molar-refractivity contribution in [3.8, 4) is 0 Å². The molecule has 2 unspecified atom stereocenters. The maximum Gasteiger partial charge on any atom is 0.252 e. The number of fused-ring (bicyclic) bond motifs is 1. The number of aryl methyl sites for hydroxylation is 1. The zero-order chi connectivity index (χ0) is 17.4. The van der Waals surface area contributed by atoms with Gasteiger partial charge in [0.2, 0.25) is 0 Å². The molecule has 1 amide bonds. The Kier molecular flexibility index (Phi) is 4.46. The summed E-state index contributed by atoms with van der Waals surface area (Å²) < 4.78 is 0. The van der Waals surface area contributed by atoms with E-state index in [-0.39, 0.29) is 12.0 Å². The lowest BCUT2D eigenvalue weighted by atomic mass is 9.87. The van der Waals surface area contributed by atoms with Crippen molar-refractivity contribution in [3.05, 3.63) is 41.1 Å². The van der Waals surface area contributed by atoms with Gasteiger partial charge < -0.3 is 10.4 Å². The summed E-state index contributed by atoms with van der Waals surface area (Å²) in [5.41, 5.74) is 3.84. The van der Waals surface area contributed by atoms with E-state index in [0.717, 1.165) is 53.4 Å². The number of aliphatic hydroxyl groups excluding tert-OH is 1. The Morgan fingerprint density at radius 1 is 1.24 bits per heavy atom. The Morgan fingerprint density at radius 2 is 2.08 bits per heavy atom. The van der Waals surface area contributed by atoms with Crippen LogP contribution in [-0.2, 0) is 0 Å². The Bertz CT molecular complexity index is 798. The number of hydrogen-bond donors (Lipinski definition) is 2. The van der Waals surface area contributed by atoms with Gasteiger partial charge in [-0.15, -0.1) is 0 Å². The molecule has 2 fully saturated rings. The molecule has 25 heavy (non-hydrogen) atoms. The van der Waals surface area contributed by atoms with Gasteiger partial charge in [0.15, 0.2) is 0 Å². The molecule has 2 aliphatic rings. The average Bonchev–Trinajstić information content (AvgIpc) is 3.44. The minimum atomic E-state index is -0.207. The first-order chi connectivity index (χ1) is 12.1. The SMILES string of the molecule is Cc1ccc2nc(C3CC3)cc(C(=O)NCC3CCCC(O)C3)c2c1. The topological polar surface area (TPSA) is 62.2 Å². The third-order valence-corrected chi connectivity index (χ3v) is 5.53. The molecule has 2 atom stereocenters. The molecule has 4 nitrogen and oxygen atoms in total. The molecular formula is C21H26N2O2. The van der Waals surface area contributed by atoms with Gasteiger partial charge >= 0.3 is 0 Å². The largest absolute Gasteiger partial charge is 0.393 e. The molecule has 2 aliphatic carbocycles. The number of amides is 1. The molecule has 0 saturated heterocycles. The van der Waals surface area contributed by atoms with Crippen LogP contribution in [0.4, 0.5) is 0 Å². The van der Waals surface area contributed by atoms with Crippen LogP contribution in [-0.4, -0.2) is 28.6 Å². The quantitative estimate of drug-likeness (QED) is 0.893. The maximum atomic E-state index is 12.9. The fraction of sp³-hybridized carbons (Fsp3) is 0.524. The van der Waals surface area contributed by atoms with Gasteiger partial charge in [-0.1, -0.05) is 18.1 Å². The molecule has 4 rings (SSSR count). The van der Waals surface area contributed by atoms with Gasteiger partial charge in [-0.25, -0.2) is 0 Å². The number of benzene rings is 1. The third-order valence-electron chi connectivity index (χ3n) is 5.53. The highest BCUT2D eigenvalue weighted by Crippen LogP contribution is 2.40. The highest BCUT2D eigenvalue weighted by Gasteiger charge is 2.27. The van der Waals surface area contributed by atoms with Gasteiger partial charge in [0.1, 0.15) is 0 Å². The number of pyridine rings is 1. The third kappa shape index (κ3) is 3.69. The van der Waals surface area contributed by atoms with Crippen molar-refractivity contribution >= 4 is 16.8 Å². The van der Waals surface area contributed by atoms with Crippen molar-refractivity contribution < 1.29 is 9.90 Å². The molecule has 1 aromatic heterocycles. The second-order valence-corrected chi connectivity index (χ2v) is 7.79. The van der Waals surface area contributed by atoms with Crippen LogP contribution in [0.1, 0.15) is 66.1 Å². The highest BCUT2D eigenvalue weighted by atomic mass is 16.3. The lowest BCUT2D eigenvalue weighted by molar-refractivity contribution is 0.0875. The first kappa shape index (κ1) is 16.5. The average molecular weight is 338 g/mol. The molecule has 0 aliphatic heterocycles. The fourth-order valence-corrected chi connectivity index (χ4v) is 3.92. The monoisotopic (exact) mass is 338 g/mol. The number of hydrogen-bond acceptors (Lipinski definition) is 3. The van der Waals surface area contributed by atoms with Gasteiger partial charge in [-0.05, 0) is 63.1 Å². The number of rotatable bonds is 4. The molecule has 2 saturated carbocycles.